The molecule has 2 aromatic carbocycles. The molecule has 1 amide bonds. The van der Waals surface area contributed by atoms with Gasteiger partial charge in [0.2, 0.25) is 12.7 Å². The summed E-state index contributed by atoms with van der Waals surface area (Å²) in [7, 11) is 1.99. The fraction of sp³-hybridized carbons (Fsp3) is 0.391. The standard InChI is InChI=1S/C23H25N3O3/c1-26-18-8-4-3-7-17(18)25-21(26)14-24-22(27)23(11-5-2-6-12-23)16-9-10-19-20(13-16)29-15-28-19/h3-4,7-10,13H,2,5-6,11-12,14-15H2,1H3,(H,24,27). The second kappa shape index (κ2) is 7.10. The molecule has 0 bridgehead atoms. The van der Waals surface area contributed by atoms with Crippen LogP contribution in [0, 0.1) is 0 Å². The molecule has 0 spiro atoms. The average Bonchev–Trinajstić information content (AvgIpc) is 3.36. The maximum absolute atomic E-state index is 13.5. The number of benzene rings is 2. The maximum Gasteiger partial charge on any atom is 0.231 e. The number of hydrogen-bond donors (Lipinski definition) is 1. The van der Waals surface area contributed by atoms with E-state index >= 15 is 0 Å². The molecule has 5 rings (SSSR count). The molecule has 0 atom stereocenters. The lowest BCUT2D eigenvalue weighted by Gasteiger charge is -2.36. The molecule has 1 aliphatic carbocycles. The number of aromatic nitrogens is 2. The minimum Gasteiger partial charge on any atom is -0.454 e. The molecular weight excluding hydrogens is 366 g/mol. The number of fused-ring (bicyclic) bond motifs is 2. The van der Waals surface area contributed by atoms with E-state index in [0.717, 1.165) is 59.6 Å². The summed E-state index contributed by atoms with van der Waals surface area (Å²) in [5, 5.41) is 3.18. The van der Waals surface area contributed by atoms with Gasteiger partial charge in [-0.3, -0.25) is 4.79 Å². The van der Waals surface area contributed by atoms with E-state index in [4.69, 9.17) is 9.47 Å². The van der Waals surface area contributed by atoms with Gasteiger partial charge >= 0.3 is 0 Å². The highest BCUT2D eigenvalue weighted by Crippen LogP contribution is 2.43. The largest absolute Gasteiger partial charge is 0.454 e. The molecule has 150 valence electrons. The van der Waals surface area contributed by atoms with Crippen molar-refractivity contribution >= 4 is 16.9 Å². The van der Waals surface area contributed by atoms with E-state index in [0.29, 0.717) is 6.54 Å². The van der Waals surface area contributed by atoms with Crippen LogP contribution in [0.4, 0.5) is 0 Å². The van der Waals surface area contributed by atoms with Crippen molar-refractivity contribution in [2.24, 2.45) is 7.05 Å². The molecule has 6 nitrogen and oxygen atoms in total. The number of hydrogen-bond acceptors (Lipinski definition) is 4. The monoisotopic (exact) mass is 391 g/mol. The Balaban J connectivity index is 1.42. The third kappa shape index (κ3) is 3.03. The molecule has 1 fully saturated rings. The van der Waals surface area contributed by atoms with Crippen molar-refractivity contribution in [1.29, 1.82) is 0 Å². The van der Waals surface area contributed by atoms with Crippen LogP contribution in [0.3, 0.4) is 0 Å². The number of para-hydroxylation sites is 2. The van der Waals surface area contributed by atoms with Gasteiger partial charge in [-0.05, 0) is 42.7 Å². The average molecular weight is 391 g/mol. The first-order chi connectivity index (χ1) is 14.2. The molecule has 6 heteroatoms. The number of rotatable bonds is 4. The van der Waals surface area contributed by atoms with Crippen molar-refractivity contribution in [3.05, 3.63) is 53.9 Å². The van der Waals surface area contributed by atoms with Crippen LogP contribution in [0.5, 0.6) is 11.5 Å². The van der Waals surface area contributed by atoms with Crippen molar-refractivity contribution in [3.63, 3.8) is 0 Å². The first-order valence-corrected chi connectivity index (χ1v) is 10.3. The molecule has 2 heterocycles. The summed E-state index contributed by atoms with van der Waals surface area (Å²) in [4.78, 5) is 18.2. The lowest BCUT2D eigenvalue weighted by molar-refractivity contribution is -0.128. The van der Waals surface area contributed by atoms with Gasteiger partial charge in [0.15, 0.2) is 11.5 Å². The molecule has 2 aliphatic rings. The minimum atomic E-state index is -0.524. The summed E-state index contributed by atoms with van der Waals surface area (Å²) in [5.74, 6) is 2.41. The highest BCUT2D eigenvalue weighted by molar-refractivity contribution is 5.88. The summed E-state index contributed by atoms with van der Waals surface area (Å²) in [6, 6.07) is 14.0. The molecule has 1 N–H and O–H groups in total. The number of amides is 1. The number of imidazole rings is 1. The van der Waals surface area contributed by atoms with Crippen molar-refractivity contribution in [2.75, 3.05) is 6.79 Å². The Hall–Kier alpha value is -3.02. The number of nitrogens with zero attached hydrogens (tertiary/aromatic N) is 2. The van der Waals surface area contributed by atoms with Gasteiger partial charge in [0.05, 0.1) is 23.0 Å². The first kappa shape index (κ1) is 18.0. The molecule has 29 heavy (non-hydrogen) atoms. The van der Waals surface area contributed by atoms with Gasteiger partial charge in [0.1, 0.15) is 5.82 Å². The smallest absolute Gasteiger partial charge is 0.231 e. The zero-order valence-corrected chi connectivity index (χ0v) is 16.6. The minimum absolute atomic E-state index is 0.0723. The Labute approximate surface area is 169 Å². The van der Waals surface area contributed by atoms with Gasteiger partial charge in [0.25, 0.3) is 0 Å². The Bertz CT molecular complexity index is 1070. The molecule has 0 saturated heterocycles. The third-order valence-corrected chi connectivity index (χ3v) is 6.35. The molecule has 1 aromatic heterocycles. The van der Waals surface area contributed by atoms with Crippen LogP contribution in [-0.2, 0) is 23.8 Å². The van der Waals surface area contributed by atoms with E-state index in [1.807, 2.05) is 54.1 Å². The van der Waals surface area contributed by atoms with E-state index in [1.54, 1.807) is 0 Å². The zero-order valence-electron chi connectivity index (χ0n) is 16.6. The van der Waals surface area contributed by atoms with Gasteiger partial charge in [-0.15, -0.1) is 0 Å². The van der Waals surface area contributed by atoms with Gasteiger partial charge < -0.3 is 19.4 Å². The van der Waals surface area contributed by atoms with Crippen molar-refractivity contribution < 1.29 is 14.3 Å². The molecule has 1 saturated carbocycles. The van der Waals surface area contributed by atoms with Crippen LogP contribution in [0.25, 0.3) is 11.0 Å². The van der Waals surface area contributed by atoms with Crippen LogP contribution < -0.4 is 14.8 Å². The van der Waals surface area contributed by atoms with E-state index in [-0.39, 0.29) is 12.7 Å². The summed E-state index contributed by atoms with van der Waals surface area (Å²) in [5.41, 5.74) is 2.51. The van der Waals surface area contributed by atoms with Crippen LogP contribution >= 0.6 is 0 Å². The lowest BCUT2D eigenvalue weighted by atomic mass is 9.68. The van der Waals surface area contributed by atoms with Gasteiger partial charge in [-0.1, -0.05) is 37.5 Å². The number of ether oxygens (including phenoxy) is 2. The summed E-state index contributed by atoms with van der Waals surface area (Å²) < 4.78 is 13.1. The molecule has 0 radical (unpaired) electrons. The Morgan fingerprint density at radius 1 is 1.10 bits per heavy atom. The van der Waals surface area contributed by atoms with E-state index in [1.165, 1.54) is 6.42 Å². The highest BCUT2D eigenvalue weighted by Gasteiger charge is 2.41. The summed E-state index contributed by atoms with van der Waals surface area (Å²) in [6.07, 6.45) is 4.97. The fourth-order valence-corrected chi connectivity index (χ4v) is 4.68. The van der Waals surface area contributed by atoms with Crippen LogP contribution in [0.15, 0.2) is 42.5 Å². The number of carbonyl (C=O) groups excluding carboxylic acids is 1. The van der Waals surface area contributed by atoms with Crippen LogP contribution in [-0.4, -0.2) is 22.3 Å². The Morgan fingerprint density at radius 3 is 2.72 bits per heavy atom. The predicted octanol–water partition coefficient (Wildman–Crippen LogP) is 3.82. The number of aryl methyl sites for hydroxylation is 1. The summed E-state index contributed by atoms with van der Waals surface area (Å²) >= 11 is 0. The van der Waals surface area contributed by atoms with Gasteiger partial charge in [0, 0.05) is 7.05 Å². The quantitative estimate of drug-likeness (QED) is 0.734. The molecule has 1 aliphatic heterocycles. The zero-order chi connectivity index (χ0) is 19.8. The number of nitrogens with one attached hydrogen (secondary N) is 1. The highest BCUT2D eigenvalue weighted by atomic mass is 16.7. The molecule has 3 aromatic rings. The second-order valence-electron chi connectivity index (χ2n) is 7.97. The van der Waals surface area contributed by atoms with Gasteiger partial charge in [-0.2, -0.15) is 0 Å². The van der Waals surface area contributed by atoms with Gasteiger partial charge in [-0.25, -0.2) is 4.98 Å². The van der Waals surface area contributed by atoms with Crippen LogP contribution in [0.2, 0.25) is 0 Å². The predicted molar refractivity (Wildman–Crippen MR) is 110 cm³/mol. The third-order valence-electron chi connectivity index (χ3n) is 6.35. The van der Waals surface area contributed by atoms with Crippen molar-refractivity contribution in [1.82, 2.24) is 14.9 Å². The second-order valence-corrected chi connectivity index (χ2v) is 7.97. The first-order valence-electron chi connectivity index (χ1n) is 10.3. The van der Waals surface area contributed by atoms with Crippen molar-refractivity contribution in [2.45, 2.75) is 44.1 Å². The molecule has 0 unspecified atom stereocenters. The fourth-order valence-electron chi connectivity index (χ4n) is 4.68. The normalized spacial score (nSPS) is 17.4. The Kier molecular flexibility index (Phi) is 4.42. The number of carbonyl (C=O) groups is 1. The summed E-state index contributed by atoms with van der Waals surface area (Å²) in [6.45, 7) is 0.654. The van der Waals surface area contributed by atoms with Crippen LogP contribution in [0.1, 0.15) is 43.5 Å². The van der Waals surface area contributed by atoms with E-state index in [9.17, 15) is 4.79 Å². The molecular formula is C23H25N3O3. The maximum atomic E-state index is 13.5. The Morgan fingerprint density at radius 2 is 1.90 bits per heavy atom. The lowest BCUT2D eigenvalue weighted by Crippen LogP contribution is -2.45. The topological polar surface area (TPSA) is 65.4 Å². The van der Waals surface area contributed by atoms with Crippen molar-refractivity contribution in [3.8, 4) is 11.5 Å². The van der Waals surface area contributed by atoms with E-state index in [2.05, 4.69) is 10.3 Å². The van der Waals surface area contributed by atoms with E-state index < -0.39 is 5.41 Å². The SMILES string of the molecule is Cn1c(CNC(=O)C2(c3ccc4c(c3)OCO4)CCCCC2)nc2ccccc21.